The van der Waals surface area contributed by atoms with Crippen LogP contribution in [0.15, 0.2) is 48.5 Å². The Kier molecular flexibility index (Phi) is 5.46. The van der Waals surface area contributed by atoms with Crippen molar-refractivity contribution in [2.24, 2.45) is 0 Å². The number of alkyl halides is 3. The zero-order valence-electron chi connectivity index (χ0n) is 12.2. The van der Waals surface area contributed by atoms with Crippen molar-refractivity contribution >= 4 is 34.8 Å². The number of carbonyl (C=O) groups is 2. The number of para-hydroxylation sites is 1. The smallest absolute Gasteiger partial charge is 0.326 e. The second-order valence-electron chi connectivity index (χ2n) is 4.83. The average molecular weight is 357 g/mol. The Morgan fingerprint density at radius 3 is 2.08 bits per heavy atom. The molecule has 0 radical (unpaired) electrons. The molecule has 0 bridgehead atoms. The first-order chi connectivity index (χ1) is 11.3. The minimum Gasteiger partial charge on any atom is -0.326 e. The summed E-state index contributed by atoms with van der Waals surface area (Å²) in [6.45, 7) is 0. The summed E-state index contributed by atoms with van der Waals surface area (Å²) in [5.74, 6) is -1.32. The molecule has 0 aliphatic rings. The molecule has 2 aromatic carbocycles. The Balaban J connectivity index is 1.98. The van der Waals surface area contributed by atoms with Crippen LogP contribution in [0.4, 0.5) is 24.5 Å². The predicted molar refractivity (Wildman–Crippen MR) is 84.8 cm³/mol. The van der Waals surface area contributed by atoms with E-state index < -0.39 is 35.0 Å². The van der Waals surface area contributed by atoms with Crippen molar-refractivity contribution in [3.8, 4) is 0 Å². The van der Waals surface area contributed by atoms with Crippen LogP contribution in [0.2, 0.25) is 5.02 Å². The van der Waals surface area contributed by atoms with Crippen LogP contribution < -0.4 is 10.6 Å². The molecule has 0 aromatic heterocycles. The molecule has 2 rings (SSSR count). The van der Waals surface area contributed by atoms with Gasteiger partial charge in [0.25, 0.3) is 0 Å². The van der Waals surface area contributed by atoms with Gasteiger partial charge in [0.15, 0.2) is 0 Å². The fraction of sp³-hybridized carbons (Fsp3) is 0.125. The van der Waals surface area contributed by atoms with Crippen LogP contribution in [0.5, 0.6) is 0 Å². The third kappa shape index (κ3) is 4.99. The number of halogens is 4. The quantitative estimate of drug-likeness (QED) is 0.801. The van der Waals surface area contributed by atoms with Gasteiger partial charge in [0.2, 0.25) is 11.8 Å². The van der Waals surface area contributed by atoms with Crippen LogP contribution in [0.25, 0.3) is 0 Å². The number of hydrogen-bond donors (Lipinski definition) is 2. The highest BCUT2D eigenvalue weighted by Crippen LogP contribution is 2.36. The van der Waals surface area contributed by atoms with Gasteiger partial charge >= 0.3 is 6.18 Å². The summed E-state index contributed by atoms with van der Waals surface area (Å²) < 4.78 is 38.3. The molecule has 24 heavy (non-hydrogen) atoms. The predicted octanol–water partition coefficient (Wildman–Crippen LogP) is 4.33. The first kappa shape index (κ1) is 17.8. The van der Waals surface area contributed by atoms with Gasteiger partial charge < -0.3 is 10.6 Å². The fourth-order valence-electron chi connectivity index (χ4n) is 1.90. The first-order valence-electron chi connectivity index (χ1n) is 6.77. The lowest BCUT2D eigenvalue weighted by Gasteiger charge is -2.12. The Morgan fingerprint density at radius 2 is 1.50 bits per heavy atom. The fourth-order valence-corrected chi connectivity index (χ4v) is 2.12. The van der Waals surface area contributed by atoms with E-state index in [-0.39, 0.29) is 5.69 Å². The van der Waals surface area contributed by atoms with E-state index in [1.165, 1.54) is 6.07 Å². The molecule has 0 unspecified atom stereocenters. The highest BCUT2D eigenvalue weighted by molar-refractivity contribution is 6.31. The number of carbonyl (C=O) groups excluding carboxylic acids is 2. The third-order valence-corrected chi connectivity index (χ3v) is 3.26. The lowest BCUT2D eigenvalue weighted by molar-refractivity contribution is -0.137. The van der Waals surface area contributed by atoms with Gasteiger partial charge in [0.05, 0.1) is 10.6 Å². The summed E-state index contributed by atoms with van der Waals surface area (Å²) in [4.78, 5) is 23.5. The molecular weight excluding hydrogens is 345 g/mol. The maximum atomic E-state index is 12.8. The average Bonchev–Trinajstić information content (AvgIpc) is 2.48. The summed E-state index contributed by atoms with van der Waals surface area (Å²) in [6, 6.07) is 11.4. The molecule has 0 heterocycles. The van der Waals surface area contributed by atoms with Crippen LogP contribution in [0.1, 0.15) is 12.0 Å². The van der Waals surface area contributed by atoms with E-state index in [1.54, 1.807) is 30.3 Å². The summed E-state index contributed by atoms with van der Waals surface area (Å²) in [5, 5.41) is 4.27. The van der Waals surface area contributed by atoms with Crippen LogP contribution in [-0.2, 0) is 15.8 Å². The van der Waals surface area contributed by atoms with Gasteiger partial charge in [-0.2, -0.15) is 13.2 Å². The normalized spacial score (nSPS) is 11.0. The Labute approximate surface area is 140 Å². The van der Waals surface area contributed by atoms with Crippen molar-refractivity contribution in [3.63, 3.8) is 0 Å². The maximum Gasteiger partial charge on any atom is 0.417 e. The summed E-state index contributed by atoms with van der Waals surface area (Å²) in [5.41, 5.74) is -0.638. The number of hydrogen-bond acceptors (Lipinski definition) is 2. The number of benzene rings is 2. The molecule has 0 aliphatic carbocycles. The molecule has 126 valence electrons. The van der Waals surface area contributed by atoms with E-state index in [9.17, 15) is 22.8 Å². The molecular formula is C16H12ClF3N2O2. The lowest BCUT2D eigenvalue weighted by atomic mass is 10.2. The van der Waals surface area contributed by atoms with Crippen LogP contribution in [0, 0.1) is 0 Å². The number of anilines is 2. The minimum absolute atomic E-state index is 0.0933. The summed E-state index contributed by atoms with van der Waals surface area (Å²) in [7, 11) is 0. The van der Waals surface area contributed by atoms with E-state index >= 15 is 0 Å². The van der Waals surface area contributed by atoms with Gasteiger partial charge in [-0.3, -0.25) is 9.59 Å². The van der Waals surface area contributed by atoms with E-state index in [0.717, 1.165) is 12.1 Å². The minimum atomic E-state index is -4.64. The van der Waals surface area contributed by atoms with Gasteiger partial charge in [-0.1, -0.05) is 29.8 Å². The van der Waals surface area contributed by atoms with Crippen molar-refractivity contribution in [1.29, 1.82) is 0 Å². The Bertz CT molecular complexity index is 749. The second kappa shape index (κ2) is 7.35. The molecule has 0 aliphatic heterocycles. The first-order valence-corrected chi connectivity index (χ1v) is 7.15. The largest absolute Gasteiger partial charge is 0.417 e. The Hall–Kier alpha value is -2.54. The van der Waals surface area contributed by atoms with E-state index in [1.807, 2.05) is 0 Å². The number of amides is 2. The monoisotopic (exact) mass is 356 g/mol. The van der Waals surface area contributed by atoms with Crippen molar-refractivity contribution in [3.05, 3.63) is 59.1 Å². The molecule has 0 atom stereocenters. The topological polar surface area (TPSA) is 58.2 Å². The van der Waals surface area contributed by atoms with Gasteiger partial charge in [0.1, 0.15) is 6.42 Å². The molecule has 2 N–H and O–H groups in total. The molecule has 0 saturated carbocycles. The van der Waals surface area contributed by atoms with Crippen molar-refractivity contribution in [2.45, 2.75) is 12.6 Å². The van der Waals surface area contributed by atoms with Gasteiger partial charge in [-0.05, 0) is 30.3 Å². The van der Waals surface area contributed by atoms with E-state index in [4.69, 9.17) is 11.6 Å². The number of nitrogens with one attached hydrogen (secondary N) is 2. The third-order valence-electron chi connectivity index (χ3n) is 2.93. The van der Waals surface area contributed by atoms with Crippen molar-refractivity contribution in [2.75, 3.05) is 10.6 Å². The van der Waals surface area contributed by atoms with Crippen molar-refractivity contribution in [1.82, 2.24) is 0 Å². The van der Waals surface area contributed by atoms with Crippen molar-refractivity contribution < 1.29 is 22.8 Å². The van der Waals surface area contributed by atoms with Crippen LogP contribution in [0.3, 0.4) is 0 Å². The zero-order chi connectivity index (χ0) is 17.7. The molecule has 0 saturated heterocycles. The van der Waals surface area contributed by atoms with Gasteiger partial charge in [-0.15, -0.1) is 0 Å². The molecule has 2 amide bonds. The standard InChI is InChI=1S/C16H12ClF3N2O2/c17-13-7-6-11(8-12(13)16(18,19)20)22-15(24)9-14(23)21-10-4-2-1-3-5-10/h1-8H,9H2,(H,21,23)(H,22,24). The van der Waals surface area contributed by atoms with E-state index in [0.29, 0.717) is 5.69 Å². The summed E-state index contributed by atoms with van der Waals surface area (Å²) >= 11 is 5.50. The van der Waals surface area contributed by atoms with Gasteiger partial charge in [0, 0.05) is 11.4 Å². The van der Waals surface area contributed by atoms with Gasteiger partial charge in [-0.25, -0.2) is 0 Å². The molecule has 2 aromatic rings. The summed E-state index contributed by atoms with van der Waals surface area (Å²) in [6.07, 6.45) is -5.17. The molecule has 0 fully saturated rings. The highest BCUT2D eigenvalue weighted by atomic mass is 35.5. The number of rotatable bonds is 4. The maximum absolute atomic E-state index is 12.8. The van der Waals surface area contributed by atoms with Crippen LogP contribution >= 0.6 is 11.6 Å². The Morgan fingerprint density at radius 1 is 0.917 bits per heavy atom. The lowest BCUT2D eigenvalue weighted by Crippen LogP contribution is -2.21. The second-order valence-corrected chi connectivity index (χ2v) is 5.24. The zero-order valence-corrected chi connectivity index (χ0v) is 12.9. The van der Waals surface area contributed by atoms with E-state index in [2.05, 4.69) is 10.6 Å². The molecule has 0 spiro atoms. The molecule has 4 nitrogen and oxygen atoms in total. The SMILES string of the molecule is O=C(CC(=O)Nc1ccc(Cl)c(C(F)(F)F)c1)Nc1ccccc1. The highest BCUT2D eigenvalue weighted by Gasteiger charge is 2.33. The molecule has 8 heteroatoms. The van der Waals surface area contributed by atoms with Crippen LogP contribution in [-0.4, -0.2) is 11.8 Å².